The molecule has 2 aliphatic rings. The average molecular weight is 498 g/mol. The monoisotopic (exact) mass is 497 g/mol. The summed E-state index contributed by atoms with van der Waals surface area (Å²) in [6.07, 6.45) is 3.21. The fourth-order valence-corrected chi connectivity index (χ4v) is 3.77. The number of halogens is 1. The zero-order chi connectivity index (χ0) is 25.1. The third-order valence-electron chi connectivity index (χ3n) is 6.05. The second kappa shape index (κ2) is 10.3. The van der Waals surface area contributed by atoms with Gasteiger partial charge in [-0.05, 0) is 50.1 Å². The predicted octanol–water partition coefficient (Wildman–Crippen LogP) is 2.76. The van der Waals surface area contributed by atoms with E-state index in [9.17, 15) is 9.18 Å². The molecule has 3 heterocycles. The highest BCUT2D eigenvalue weighted by Gasteiger charge is 2.42. The van der Waals surface area contributed by atoms with Crippen LogP contribution in [0.25, 0.3) is 22.6 Å². The van der Waals surface area contributed by atoms with Crippen LogP contribution >= 0.6 is 0 Å². The Morgan fingerprint density at radius 2 is 1.97 bits per heavy atom. The molecule has 0 unspecified atom stereocenters. The summed E-state index contributed by atoms with van der Waals surface area (Å²) >= 11 is 0. The number of aromatic amines is 1. The van der Waals surface area contributed by atoms with Crippen LogP contribution in [0.2, 0.25) is 0 Å². The number of aromatic nitrogens is 4. The van der Waals surface area contributed by atoms with E-state index in [4.69, 9.17) is 24.3 Å². The zero-order valence-electron chi connectivity index (χ0n) is 19.9. The zero-order valence-corrected chi connectivity index (χ0v) is 19.9. The Morgan fingerprint density at radius 3 is 2.67 bits per heavy atom. The van der Waals surface area contributed by atoms with Gasteiger partial charge < -0.3 is 29.6 Å². The maximum Gasteiger partial charge on any atom is 0.316 e. The minimum atomic E-state index is -0.818. The van der Waals surface area contributed by atoms with Crippen molar-refractivity contribution in [2.24, 2.45) is 5.41 Å². The Morgan fingerprint density at radius 1 is 1.22 bits per heavy atom. The first-order chi connectivity index (χ1) is 17.4. The molecule has 190 valence electrons. The molecule has 11 heteroatoms. The number of nitrogens with zero attached hydrogens (tertiary/aromatic N) is 3. The molecule has 0 bridgehead atoms. The van der Waals surface area contributed by atoms with Gasteiger partial charge in [-0.25, -0.2) is 14.4 Å². The average Bonchev–Trinajstić information content (AvgIpc) is 3.59. The van der Waals surface area contributed by atoms with Crippen LogP contribution in [0.3, 0.4) is 0 Å². The smallest absolute Gasteiger partial charge is 0.316 e. The van der Waals surface area contributed by atoms with E-state index in [0.29, 0.717) is 34.9 Å². The molecule has 10 nitrogen and oxygen atoms in total. The number of amides is 1. The van der Waals surface area contributed by atoms with E-state index >= 15 is 0 Å². The molecule has 1 amide bonds. The number of imidazole rings is 1. The molecule has 0 spiro atoms. The van der Waals surface area contributed by atoms with Gasteiger partial charge in [0.05, 0.1) is 42.3 Å². The van der Waals surface area contributed by atoms with Gasteiger partial charge in [0, 0.05) is 30.8 Å². The fourth-order valence-electron chi connectivity index (χ4n) is 3.77. The number of nitrogens with one attached hydrogen (secondary N) is 2. The predicted molar refractivity (Wildman–Crippen MR) is 126 cm³/mol. The van der Waals surface area contributed by atoms with E-state index in [1.54, 1.807) is 24.4 Å². The van der Waals surface area contributed by atoms with Gasteiger partial charge in [-0.2, -0.15) is 4.98 Å². The summed E-state index contributed by atoms with van der Waals surface area (Å²) in [5, 5.41) is 12.0. The molecule has 1 aromatic carbocycles. The third-order valence-corrected chi connectivity index (χ3v) is 6.05. The van der Waals surface area contributed by atoms with Crippen molar-refractivity contribution in [1.29, 1.82) is 0 Å². The number of carbonyl (C=O) groups excluding carboxylic acids is 1. The van der Waals surface area contributed by atoms with Crippen LogP contribution in [-0.4, -0.2) is 63.4 Å². The lowest BCUT2D eigenvalue weighted by Gasteiger charge is -2.35. The lowest BCUT2D eigenvalue weighted by atomic mass is 9.91. The van der Waals surface area contributed by atoms with Crippen LogP contribution < -0.4 is 10.1 Å². The third kappa shape index (κ3) is 5.38. The Bertz CT molecular complexity index is 1210. The summed E-state index contributed by atoms with van der Waals surface area (Å²) in [5.74, 6) is -0.0407. The molecule has 3 aromatic rings. The van der Waals surface area contributed by atoms with Crippen molar-refractivity contribution in [2.45, 2.75) is 38.5 Å². The summed E-state index contributed by atoms with van der Waals surface area (Å²) in [6.45, 7) is 2.44. The number of hydrogen-bond acceptors (Lipinski definition) is 8. The molecule has 2 fully saturated rings. The van der Waals surface area contributed by atoms with Gasteiger partial charge in [-0.1, -0.05) is 0 Å². The molecule has 2 aromatic heterocycles. The second-order valence-electron chi connectivity index (χ2n) is 9.26. The molecule has 1 saturated carbocycles. The largest absolute Gasteiger partial charge is 0.463 e. The molecule has 3 N–H and O–H groups in total. The molecule has 1 aliphatic heterocycles. The van der Waals surface area contributed by atoms with Crippen LogP contribution in [0, 0.1) is 11.2 Å². The summed E-state index contributed by atoms with van der Waals surface area (Å²) in [6, 6.07) is 8.07. The van der Waals surface area contributed by atoms with Gasteiger partial charge >= 0.3 is 6.01 Å². The molecule has 0 atom stereocenters. The summed E-state index contributed by atoms with van der Waals surface area (Å²) < 4.78 is 31.0. The highest BCUT2D eigenvalue weighted by molar-refractivity contribution is 5.83. The number of rotatable bonds is 9. The first-order valence-electron chi connectivity index (χ1n) is 11.9. The van der Waals surface area contributed by atoms with Crippen molar-refractivity contribution in [3.63, 3.8) is 0 Å². The van der Waals surface area contributed by atoms with Gasteiger partial charge in [0.2, 0.25) is 12.2 Å². The van der Waals surface area contributed by atoms with E-state index < -0.39 is 11.7 Å². The number of aliphatic hydroxyl groups is 1. The van der Waals surface area contributed by atoms with Gasteiger partial charge in [0.1, 0.15) is 5.82 Å². The Balaban J connectivity index is 1.41. The highest BCUT2D eigenvalue weighted by Crippen LogP contribution is 2.36. The van der Waals surface area contributed by atoms with Crippen molar-refractivity contribution >= 4 is 5.91 Å². The van der Waals surface area contributed by atoms with E-state index in [-0.39, 0.29) is 50.2 Å². The van der Waals surface area contributed by atoms with Crippen LogP contribution in [0.1, 0.15) is 38.3 Å². The summed E-state index contributed by atoms with van der Waals surface area (Å²) in [4.78, 5) is 29.1. The van der Waals surface area contributed by atoms with E-state index in [1.807, 2.05) is 6.92 Å². The van der Waals surface area contributed by atoms with Gasteiger partial charge in [0.15, 0.2) is 5.82 Å². The molecule has 1 aliphatic carbocycles. The number of H-pyrrole nitrogens is 1. The highest BCUT2D eigenvalue weighted by atomic mass is 19.1. The Labute approximate surface area is 207 Å². The number of carbonyl (C=O) groups is 1. The molecule has 36 heavy (non-hydrogen) atoms. The minimum Gasteiger partial charge on any atom is -0.463 e. The summed E-state index contributed by atoms with van der Waals surface area (Å²) in [5.41, 5.74) is 1.46. The molecule has 1 saturated heterocycles. The maximum absolute atomic E-state index is 13.6. The maximum atomic E-state index is 13.6. The lowest BCUT2D eigenvalue weighted by molar-refractivity contribution is -0.231. The van der Waals surface area contributed by atoms with E-state index in [2.05, 4.69) is 20.3 Å². The molecular formula is C25H28FN5O5. The van der Waals surface area contributed by atoms with E-state index in [0.717, 1.165) is 12.8 Å². The summed E-state index contributed by atoms with van der Waals surface area (Å²) in [7, 11) is 0. The Hall–Kier alpha value is -3.41. The van der Waals surface area contributed by atoms with Gasteiger partial charge in [-0.15, -0.1) is 0 Å². The van der Waals surface area contributed by atoms with E-state index in [1.165, 1.54) is 12.1 Å². The van der Waals surface area contributed by atoms with Crippen LogP contribution in [0.5, 0.6) is 6.01 Å². The molecule has 5 rings (SSSR count). The molecular weight excluding hydrogens is 469 g/mol. The van der Waals surface area contributed by atoms with Crippen molar-refractivity contribution in [3.05, 3.63) is 48.2 Å². The second-order valence-corrected chi connectivity index (χ2v) is 9.26. The number of ether oxygens (including phenoxy) is 3. The molecule has 0 radical (unpaired) electrons. The number of aliphatic hydroxyl groups excluding tert-OH is 1. The normalized spacial score (nSPS) is 21.8. The van der Waals surface area contributed by atoms with Gasteiger partial charge in [-0.3, -0.25) is 4.79 Å². The van der Waals surface area contributed by atoms with Crippen molar-refractivity contribution in [1.82, 2.24) is 25.3 Å². The van der Waals surface area contributed by atoms with Crippen molar-refractivity contribution in [3.8, 4) is 28.7 Å². The fraction of sp³-hybridized carbons (Fsp3) is 0.440. The Kier molecular flexibility index (Phi) is 6.95. The van der Waals surface area contributed by atoms with Gasteiger partial charge in [0.25, 0.3) is 0 Å². The first kappa shape index (κ1) is 24.3. The number of benzene rings is 1. The lowest BCUT2D eigenvalue weighted by Crippen LogP contribution is -2.49. The standard InChI is InChI=1S/C25H28FN5O5/c1-25(23(33)28-17-7-8-17)13-35-22(36-14-25)21-30-19(15-3-5-16(26)6-4-15)20(31-21)18-9-10-27-24(29-18)34-12-2-11-32/h3-6,9-10,17,22,32H,2,7-8,11-14H2,1H3,(H,28,33)(H,30,31). The van der Waals surface area contributed by atoms with Crippen LogP contribution in [0.4, 0.5) is 4.39 Å². The topological polar surface area (TPSA) is 131 Å². The van der Waals surface area contributed by atoms with Crippen LogP contribution in [0.15, 0.2) is 36.5 Å². The quantitative estimate of drug-likeness (QED) is 0.385. The minimum absolute atomic E-state index is 0.000981. The van der Waals surface area contributed by atoms with Crippen LogP contribution in [-0.2, 0) is 14.3 Å². The SMILES string of the molecule is CC1(C(=O)NC2CC2)COC(c2nc(-c3ccc(F)cc3)c(-c3ccnc(OCCCO)n3)[nH]2)OC1. The number of hydrogen-bond donors (Lipinski definition) is 3. The van der Waals surface area contributed by atoms with Crippen molar-refractivity contribution < 1.29 is 28.5 Å². The first-order valence-corrected chi connectivity index (χ1v) is 11.9. The van der Waals surface area contributed by atoms with Crippen molar-refractivity contribution in [2.75, 3.05) is 26.4 Å².